The van der Waals surface area contributed by atoms with Gasteiger partial charge in [0, 0.05) is 17.7 Å². The zero-order valence-electron chi connectivity index (χ0n) is 19.6. The van der Waals surface area contributed by atoms with Gasteiger partial charge in [0.2, 0.25) is 0 Å². The summed E-state index contributed by atoms with van der Waals surface area (Å²) in [6.45, 7) is 0. The van der Waals surface area contributed by atoms with Crippen molar-refractivity contribution >= 4 is 17.2 Å². The number of para-hydroxylation sites is 2. The van der Waals surface area contributed by atoms with E-state index in [2.05, 4.69) is 16.7 Å². The van der Waals surface area contributed by atoms with Gasteiger partial charge in [-0.3, -0.25) is 4.79 Å². The van der Waals surface area contributed by atoms with Gasteiger partial charge in [0.05, 0.1) is 38.7 Å². The Morgan fingerprint density at radius 3 is 2.32 bits per heavy atom. The normalized spacial score (nSPS) is 19.2. The highest BCUT2D eigenvalue weighted by Gasteiger charge is 2.36. The highest BCUT2D eigenvalue weighted by molar-refractivity contribution is 6.01. The van der Waals surface area contributed by atoms with E-state index < -0.39 is 0 Å². The van der Waals surface area contributed by atoms with E-state index in [1.165, 1.54) is 0 Å². The quantitative estimate of drug-likeness (QED) is 0.514. The largest absolute Gasteiger partial charge is 0.497 e. The number of carbonyl (C=O) groups excluding carboxylic acids is 1. The summed E-state index contributed by atoms with van der Waals surface area (Å²) < 4.78 is 16.4. The number of benzene rings is 3. The molecule has 6 heteroatoms. The molecule has 2 aliphatic rings. The lowest BCUT2D eigenvalue weighted by Gasteiger charge is -2.30. The summed E-state index contributed by atoms with van der Waals surface area (Å²) in [5, 5.41) is 7.19. The average Bonchev–Trinajstić information content (AvgIpc) is 3.05. The Labute approximate surface area is 199 Å². The summed E-state index contributed by atoms with van der Waals surface area (Å²) in [4.78, 5) is 13.7. The first kappa shape index (κ1) is 21.9. The van der Waals surface area contributed by atoms with Crippen LogP contribution >= 0.6 is 0 Å². The maximum Gasteiger partial charge on any atom is 0.163 e. The molecule has 0 saturated heterocycles. The molecular weight excluding hydrogens is 428 g/mol. The Balaban J connectivity index is 1.60. The van der Waals surface area contributed by atoms with Gasteiger partial charge in [-0.05, 0) is 59.9 Å². The monoisotopic (exact) mass is 456 g/mol. The molecule has 0 aromatic heterocycles. The second kappa shape index (κ2) is 9.14. The molecule has 0 radical (unpaired) electrons. The molecule has 3 aromatic rings. The number of methoxy groups -OCH3 is 3. The van der Waals surface area contributed by atoms with E-state index in [-0.39, 0.29) is 17.7 Å². The van der Waals surface area contributed by atoms with Crippen LogP contribution in [0.5, 0.6) is 17.2 Å². The number of ketones is 1. The molecule has 0 amide bonds. The highest BCUT2D eigenvalue weighted by atomic mass is 16.5. The average molecular weight is 457 g/mol. The predicted octanol–water partition coefficient (Wildman–Crippen LogP) is 5.69. The Bertz CT molecular complexity index is 1270. The number of carbonyl (C=O) groups is 1. The van der Waals surface area contributed by atoms with Crippen molar-refractivity contribution in [2.75, 3.05) is 32.0 Å². The third-order valence-electron chi connectivity index (χ3n) is 6.62. The number of hydrogen-bond donors (Lipinski definition) is 2. The molecule has 0 bridgehead atoms. The summed E-state index contributed by atoms with van der Waals surface area (Å²) in [7, 11) is 4.90. The maximum absolute atomic E-state index is 13.7. The van der Waals surface area contributed by atoms with Crippen molar-refractivity contribution < 1.29 is 19.0 Å². The van der Waals surface area contributed by atoms with Gasteiger partial charge in [0.25, 0.3) is 0 Å². The number of hydrogen-bond acceptors (Lipinski definition) is 6. The number of fused-ring (bicyclic) bond motifs is 1. The van der Waals surface area contributed by atoms with Crippen LogP contribution in [0, 0.1) is 0 Å². The number of rotatable bonds is 5. The first-order valence-corrected chi connectivity index (χ1v) is 11.4. The van der Waals surface area contributed by atoms with Crippen LogP contribution in [0.25, 0.3) is 0 Å². The number of ether oxygens (including phenoxy) is 3. The van der Waals surface area contributed by atoms with E-state index in [0.29, 0.717) is 17.9 Å². The van der Waals surface area contributed by atoms with Gasteiger partial charge in [0.1, 0.15) is 5.75 Å². The standard InChI is InChI=1S/C28H28N2O4/c1-32-20-8-6-7-17(13-20)19-14-23-27(24(31)15-19)28(30-22-10-5-4-9-21(22)29-23)18-11-12-25(33-2)26(16-18)34-3/h4-13,16,19,28-30H,14-15H2,1-3H3. The Hall–Kier alpha value is -3.93. The van der Waals surface area contributed by atoms with Crippen LogP contribution in [-0.4, -0.2) is 27.1 Å². The number of allylic oxidation sites excluding steroid dienone is 1. The van der Waals surface area contributed by atoms with Crippen LogP contribution in [0.15, 0.2) is 78.0 Å². The summed E-state index contributed by atoms with van der Waals surface area (Å²) in [5.74, 6) is 2.29. The summed E-state index contributed by atoms with van der Waals surface area (Å²) in [6, 6.07) is 21.5. The SMILES string of the molecule is COc1cccc(C2CC(=O)C3=C(C2)Nc2ccccc2NC3c2ccc(OC)c(OC)c2)c1. The smallest absolute Gasteiger partial charge is 0.163 e. The topological polar surface area (TPSA) is 68.8 Å². The maximum atomic E-state index is 13.7. The third kappa shape index (κ3) is 3.96. The van der Waals surface area contributed by atoms with Crippen LogP contribution in [-0.2, 0) is 4.79 Å². The summed E-state index contributed by atoms with van der Waals surface area (Å²) >= 11 is 0. The Kier molecular flexibility index (Phi) is 5.88. The van der Waals surface area contributed by atoms with Crippen molar-refractivity contribution in [1.29, 1.82) is 0 Å². The molecule has 1 aliphatic carbocycles. The van der Waals surface area contributed by atoms with Gasteiger partial charge in [-0.25, -0.2) is 0 Å². The van der Waals surface area contributed by atoms with Crippen molar-refractivity contribution in [3.63, 3.8) is 0 Å². The van der Waals surface area contributed by atoms with Crippen LogP contribution < -0.4 is 24.8 Å². The zero-order chi connectivity index (χ0) is 23.7. The van der Waals surface area contributed by atoms with Crippen molar-refractivity contribution in [3.8, 4) is 17.2 Å². The third-order valence-corrected chi connectivity index (χ3v) is 6.62. The molecule has 2 atom stereocenters. The van der Waals surface area contributed by atoms with Crippen LogP contribution in [0.1, 0.15) is 35.9 Å². The first-order valence-electron chi connectivity index (χ1n) is 11.4. The van der Waals surface area contributed by atoms with E-state index in [1.807, 2.05) is 60.7 Å². The minimum atomic E-state index is -0.315. The van der Waals surface area contributed by atoms with E-state index in [1.54, 1.807) is 21.3 Å². The number of anilines is 2. The number of nitrogens with one attached hydrogen (secondary N) is 2. The van der Waals surface area contributed by atoms with Crippen LogP contribution in [0.3, 0.4) is 0 Å². The minimum absolute atomic E-state index is 0.0742. The van der Waals surface area contributed by atoms with Crippen LogP contribution in [0.2, 0.25) is 0 Å². The van der Waals surface area contributed by atoms with Crippen molar-refractivity contribution in [2.24, 2.45) is 0 Å². The highest BCUT2D eigenvalue weighted by Crippen LogP contribution is 2.45. The lowest BCUT2D eigenvalue weighted by molar-refractivity contribution is -0.116. The number of Topliss-reactive ketones (excluding diaryl/α,β-unsaturated/α-hetero) is 1. The molecular formula is C28H28N2O4. The minimum Gasteiger partial charge on any atom is -0.497 e. The van der Waals surface area contributed by atoms with Crippen molar-refractivity contribution in [3.05, 3.63) is 89.1 Å². The fourth-order valence-corrected chi connectivity index (χ4v) is 4.91. The van der Waals surface area contributed by atoms with Gasteiger partial charge < -0.3 is 24.8 Å². The molecule has 3 aromatic carbocycles. The Morgan fingerprint density at radius 1 is 0.765 bits per heavy atom. The Morgan fingerprint density at radius 2 is 1.56 bits per heavy atom. The van der Waals surface area contributed by atoms with E-state index >= 15 is 0 Å². The van der Waals surface area contributed by atoms with E-state index in [4.69, 9.17) is 14.2 Å². The van der Waals surface area contributed by atoms with Gasteiger partial charge >= 0.3 is 0 Å². The molecule has 5 rings (SSSR count). The van der Waals surface area contributed by atoms with Gasteiger partial charge in [-0.2, -0.15) is 0 Å². The van der Waals surface area contributed by atoms with Gasteiger partial charge in [-0.1, -0.05) is 30.3 Å². The lowest BCUT2D eigenvalue weighted by atomic mass is 9.78. The summed E-state index contributed by atoms with van der Waals surface area (Å²) in [6.07, 6.45) is 1.17. The molecule has 0 saturated carbocycles. The van der Waals surface area contributed by atoms with E-state index in [0.717, 1.165) is 45.9 Å². The van der Waals surface area contributed by atoms with Crippen molar-refractivity contribution in [2.45, 2.75) is 24.8 Å². The molecule has 1 aliphatic heterocycles. The molecule has 34 heavy (non-hydrogen) atoms. The first-order chi connectivity index (χ1) is 16.6. The van der Waals surface area contributed by atoms with E-state index in [9.17, 15) is 4.79 Å². The fourth-order valence-electron chi connectivity index (χ4n) is 4.91. The molecule has 0 spiro atoms. The lowest BCUT2D eigenvalue weighted by Crippen LogP contribution is -2.27. The predicted molar refractivity (Wildman–Crippen MR) is 133 cm³/mol. The second-order valence-corrected chi connectivity index (χ2v) is 8.56. The van der Waals surface area contributed by atoms with Crippen LogP contribution in [0.4, 0.5) is 11.4 Å². The fraction of sp³-hybridized carbons (Fsp3) is 0.250. The van der Waals surface area contributed by atoms with Gasteiger partial charge in [0.15, 0.2) is 17.3 Å². The zero-order valence-corrected chi connectivity index (χ0v) is 19.6. The summed E-state index contributed by atoms with van der Waals surface area (Å²) in [5.41, 5.74) is 5.66. The van der Waals surface area contributed by atoms with Crippen molar-refractivity contribution in [1.82, 2.24) is 0 Å². The molecule has 2 unspecified atom stereocenters. The second-order valence-electron chi connectivity index (χ2n) is 8.56. The molecule has 6 nitrogen and oxygen atoms in total. The molecule has 174 valence electrons. The molecule has 0 fully saturated rings. The molecule has 1 heterocycles. The molecule has 2 N–H and O–H groups in total. The van der Waals surface area contributed by atoms with Gasteiger partial charge in [-0.15, -0.1) is 0 Å².